The molecule has 1 saturated heterocycles. The van der Waals surface area contributed by atoms with Crippen molar-refractivity contribution in [2.75, 3.05) is 37.6 Å². The zero-order valence-electron chi connectivity index (χ0n) is 15.9. The quantitative estimate of drug-likeness (QED) is 0.237. The second-order valence-corrected chi connectivity index (χ2v) is 6.41. The van der Waals surface area contributed by atoms with Gasteiger partial charge in [-0.05, 0) is 19.1 Å². The van der Waals surface area contributed by atoms with E-state index in [0.29, 0.717) is 18.8 Å². The van der Waals surface area contributed by atoms with Crippen LogP contribution in [0.2, 0.25) is 0 Å². The van der Waals surface area contributed by atoms with Crippen molar-refractivity contribution in [3.8, 4) is 0 Å². The van der Waals surface area contributed by atoms with Gasteiger partial charge in [-0.2, -0.15) is 0 Å². The van der Waals surface area contributed by atoms with E-state index < -0.39 is 18.0 Å². The number of carbonyl (C=O) groups is 3. The van der Waals surface area contributed by atoms with Crippen LogP contribution in [-0.4, -0.2) is 67.5 Å². The summed E-state index contributed by atoms with van der Waals surface area (Å²) in [5.41, 5.74) is 6.19. The third-order valence-corrected chi connectivity index (χ3v) is 4.09. The highest BCUT2D eigenvalue weighted by atomic mass is 19.1. The zero-order chi connectivity index (χ0) is 20.7. The van der Waals surface area contributed by atoms with Crippen molar-refractivity contribution in [2.45, 2.75) is 20.0 Å². The molecule has 4 N–H and O–H groups in total. The maximum Gasteiger partial charge on any atom is 0.414 e. The number of Topliss-reactive ketones (excluding diaryl/α,β-unsaturated/α-hetero) is 1. The van der Waals surface area contributed by atoms with Gasteiger partial charge in [0.15, 0.2) is 11.5 Å². The topological polar surface area (TPSA) is 117 Å². The van der Waals surface area contributed by atoms with Gasteiger partial charge >= 0.3 is 6.09 Å². The van der Waals surface area contributed by atoms with Gasteiger partial charge in [-0.1, -0.05) is 0 Å². The molecule has 10 heteroatoms. The Morgan fingerprint density at radius 1 is 1.43 bits per heavy atom. The number of nitrogens with two attached hydrogens (primary N) is 1. The molecular formula is C18H25FN5O4+. The normalized spacial score (nSPS) is 16.8. The molecular weight excluding hydrogens is 369 g/mol. The molecule has 2 rings (SSSR count). The highest BCUT2D eigenvalue weighted by molar-refractivity contribution is 5.90. The molecule has 1 atom stereocenters. The lowest BCUT2D eigenvalue weighted by molar-refractivity contribution is -0.436. The first kappa shape index (κ1) is 21.3. The summed E-state index contributed by atoms with van der Waals surface area (Å²) < 4.78 is 21.3. The van der Waals surface area contributed by atoms with E-state index in [0.717, 1.165) is 0 Å². The molecule has 1 aliphatic rings. The summed E-state index contributed by atoms with van der Waals surface area (Å²) in [7, 11) is 0. The van der Waals surface area contributed by atoms with Crippen LogP contribution in [0.1, 0.15) is 13.8 Å². The number of nitrogens with one attached hydrogen (secondary N) is 2. The average Bonchev–Trinajstić information content (AvgIpc) is 3.01. The Hall–Kier alpha value is -3.01. The standard InChI is InChI=1S/C18H24FN5O4/c1-12(25)8-21-5-6-23(11-20)17-4-3-14(7-16(17)19)24-10-15(28-18(24)27)9-22-13(2)26/h3-4,7,11,15,20-21H,5-6,8-10H2,1-2H3,(H,22,26)/p+1/t15-/m0/s1. The first-order chi connectivity index (χ1) is 13.3. The van der Waals surface area contributed by atoms with Crippen molar-refractivity contribution in [3.63, 3.8) is 0 Å². The molecule has 28 heavy (non-hydrogen) atoms. The fourth-order valence-corrected chi connectivity index (χ4v) is 2.73. The number of nitrogens with zero attached hydrogens (tertiary/aromatic N) is 2. The molecule has 0 bridgehead atoms. The highest BCUT2D eigenvalue weighted by Gasteiger charge is 2.33. The van der Waals surface area contributed by atoms with Gasteiger partial charge in [-0.3, -0.25) is 20.2 Å². The lowest BCUT2D eigenvalue weighted by atomic mass is 10.2. The third-order valence-electron chi connectivity index (χ3n) is 4.09. The Balaban J connectivity index is 2.03. The summed E-state index contributed by atoms with van der Waals surface area (Å²) >= 11 is 0. The number of benzene rings is 1. The molecule has 1 aromatic rings. The fraction of sp³-hybridized carbons (Fsp3) is 0.444. The average molecular weight is 394 g/mol. The van der Waals surface area contributed by atoms with Gasteiger partial charge in [0, 0.05) is 19.5 Å². The van der Waals surface area contributed by atoms with Gasteiger partial charge in [0.05, 0.1) is 25.3 Å². The number of ketones is 1. The number of anilines is 1. The van der Waals surface area contributed by atoms with E-state index in [4.69, 9.17) is 10.5 Å². The second-order valence-electron chi connectivity index (χ2n) is 6.41. The number of ether oxygens (including phenoxy) is 1. The van der Waals surface area contributed by atoms with E-state index in [1.807, 2.05) is 0 Å². The van der Waals surface area contributed by atoms with Crippen molar-refractivity contribution in [1.82, 2.24) is 10.6 Å². The van der Waals surface area contributed by atoms with E-state index in [1.54, 1.807) is 6.07 Å². The number of hydrogen-bond acceptors (Lipinski definition) is 5. The third kappa shape index (κ3) is 5.74. The lowest BCUT2D eigenvalue weighted by Crippen LogP contribution is -2.33. The Kier molecular flexibility index (Phi) is 7.44. The van der Waals surface area contributed by atoms with Gasteiger partial charge in [-0.15, -0.1) is 0 Å². The van der Waals surface area contributed by atoms with Crippen molar-refractivity contribution < 1.29 is 28.1 Å². The summed E-state index contributed by atoms with van der Waals surface area (Å²) in [6.45, 7) is 4.29. The molecule has 1 aliphatic heterocycles. The van der Waals surface area contributed by atoms with Crippen LogP contribution in [0.5, 0.6) is 0 Å². The number of rotatable bonds is 9. The largest absolute Gasteiger partial charge is 0.442 e. The van der Waals surface area contributed by atoms with E-state index in [1.165, 1.54) is 41.8 Å². The Morgan fingerprint density at radius 3 is 2.79 bits per heavy atom. The summed E-state index contributed by atoms with van der Waals surface area (Å²) in [4.78, 5) is 35.3. The summed E-state index contributed by atoms with van der Waals surface area (Å²) in [5.74, 6) is -0.766. The van der Waals surface area contributed by atoms with Crippen molar-refractivity contribution in [1.29, 1.82) is 0 Å². The first-order valence-electron chi connectivity index (χ1n) is 8.85. The minimum absolute atomic E-state index is 0.00752. The van der Waals surface area contributed by atoms with E-state index >= 15 is 0 Å². The van der Waals surface area contributed by atoms with Crippen molar-refractivity contribution in [2.24, 2.45) is 5.73 Å². The van der Waals surface area contributed by atoms with Crippen LogP contribution in [-0.2, 0) is 14.3 Å². The van der Waals surface area contributed by atoms with Crippen LogP contribution in [0.25, 0.3) is 0 Å². The van der Waals surface area contributed by atoms with Gasteiger partial charge < -0.3 is 15.4 Å². The molecule has 0 aromatic heterocycles. The molecule has 0 spiro atoms. The maximum absolute atomic E-state index is 14.6. The monoisotopic (exact) mass is 394 g/mol. The van der Waals surface area contributed by atoms with Crippen LogP contribution in [0, 0.1) is 5.82 Å². The number of carbonyl (C=O) groups excluding carboxylic acids is 3. The van der Waals surface area contributed by atoms with Gasteiger partial charge in [-0.25, -0.2) is 13.8 Å². The van der Waals surface area contributed by atoms with Crippen LogP contribution in [0.4, 0.5) is 20.6 Å². The SMILES string of the molecule is CC(=O)CNCC[N+](=CN)c1ccc(N2C[C@H](CNC(C)=O)OC2=O)cc1F. The van der Waals surface area contributed by atoms with Crippen molar-refractivity contribution in [3.05, 3.63) is 24.0 Å². The minimum Gasteiger partial charge on any atom is -0.442 e. The molecule has 1 heterocycles. The molecule has 0 unspecified atom stereocenters. The maximum atomic E-state index is 14.6. The predicted molar refractivity (Wildman–Crippen MR) is 101 cm³/mol. The van der Waals surface area contributed by atoms with Crippen LogP contribution < -0.4 is 21.3 Å². The van der Waals surface area contributed by atoms with Crippen LogP contribution >= 0.6 is 0 Å². The molecule has 1 aromatic carbocycles. The Bertz CT molecular complexity index is 783. The highest BCUT2D eigenvalue weighted by Crippen LogP contribution is 2.27. The summed E-state index contributed by atoms with van der Waals surface area (Å²) in [6.07, 6.45) is 0.153. The van der Waals surface area contributed by atoms with Crippen LogP contribution in [0.3, 0.4) is 0 Å². The molecule has 9 nitrogen and oxygen atoms in total. The fourth-order valence-electron chi connectivity index (χ4n) is 2.73. The lowest BCUT2D eigenvalue weighted by Gasteiger charge is -2.15. The Labute approximate surface area is 162 Å². The van der Waals surface area contributed by atoms with Gasteiger partial charge in [0.25, 0.3) is 0 Å². The summed E-state index contributed by atoms with van der Waals surface area (Å²) in [6, 6.07) is 4.35. The molecule has 152 valence electrons. The number of hydrogen-bond donors (Lipinski definition) is 3. The minimum atomic E-state index is -0.599. The molecule has 2 amide bonds. The van der Waals surface area contributed by atoms with E-state index in [9.17, 15) is 18.8 Å². The predicted octanol–water partition coefficient (Wildman–Crippen LogP) is 0.0966. The van der Waals surface area contributed by atoms with Crippen molar-refractivity contribution >= 4 is 35.5 Å². The molecule has 0 radical (unpaired) electrons. The zero-order valence-corrected chi connectivity index (χ0v) is 15.9. The first-order valence-corrected chi connectivity index (χ1v) is 8.85. The second kappa shape index (κ2) is 9.79. The molecule has 0 aliphatic carbocycles. The van der Waals surface area contributed by atoms with E-state index in [2.05, 4.69) is 10.6 Å². The van der Waals surface area contributed by atoms with E-state index in [-0.39, 0.29) is 37.0 Å². The molecule has 0 saturated carbocycles. The number of amides is 2. The number of cyclic esters (lactones) is 1. The summed E-state index contributed by atoms with van der Waals surface area (Å²) in [5, 5.41) is 5.52. The number of halogens is 1. The smallest absolute Gasteiger partial charge is 0.414 e. The van der Waals surface area contributed by atoms with Gasteiger partial charge in [0.1, 0.15) is 18.4 Å². The van der Waals surface area contributed by atoms with Crippen LogP contribution in [0.15, 0.2) is 18.2 Å². The molecule has 1 fully saturated rings. The Morgan fingerprint density at radius 2 is 2.18 bits per heavy atom. The van der Waals surface area contributed by atoms with Gasteiger partial charge in [0.2, 0.25) is 12.2 Å².